The van der Waals surface area contributed by atoms with Gasteiger partial charge in [0, 0.05) is 15.9 Å². The standard InChI is InChI=1S/C27H26NO3PS/c1-26(2)25(28-27(3,4)33-26)32(29)30-21-15-13-17-9-5-7-11-19(17)23(21)24-20-12-8-6-10-18(20)14-16-22(24)31-32/h5-16,25,28H,1-4H3/t25-/m1/s1. The molecule has 1 N–H and O–H groups in total. The van der Waals surface area contributed by atoms with E-state index in [9.17, 15) is 4.57 Å². The molecule has 168 valence electrons. The van der Waals surface area contributed by atoms with E-state index in [1.165, 1.54) is 0 Å². The molecule has 0 aliphatic carbocycles. The predicted octanol–water partition coefficient (Wildman–Crippen LogP) is 7.80. The van der Waals surface area contributed by atoms with Crippen molar-refractivity contribution in [3.63, 3.8) is 0 Å². The molecule has 4 nitrogen and oxygen atoms in total. The third-order valence-electron chi connectivity index (χ3n) is 6.46. The summed E-state index contributed by atoms with van der Waals surface area (Å²) in [6, 6.07) is 24.4. The molecule has 4 aromatic rings. The van der Waals surface area contributed by atoms with Crippen LogP contribution in [-0.4, -0.2) is 15.4 Å². The average Bonchev–Trinajstić information content (AvgIpc) is 2.92. The van der Waals surface area contributed by atoms with Gasteiger partial charge in [-0.15, -0.1) is 11.8 Å². The molecule has 2 aliphatic heterocycles. The summed E-state index contributed by atoms with van der Waals surface area (Å²) in [7, 11) is -3.66. The lowest BCUT2D eigenvalue weighted by molar-refractivity contribution is 0.348. The lowest BCUT2D eigenvalue weighted by Crippen LogP contribution is -2.42. The van der Waals surface area contributed by atoms with Crippen LogP contribution in [0.5, 0.6) is 11.5 Å². The van der Waals surface area contributed by atoms with Crippen LogP contribution in [0.25, 0.3) is 32.7 Å². The van der Waals surface area contributed by atoms with Crippen LogP contribution in [0.15, 0.2) is 72.8 Å². The van der Waals surface area contributed by atoms with Gasteiger partial charge in [0.2, 0.25) is 0 Å². The zero-order valence-electron chi connectivity index (χ0n) is 19.1. The van der Waals surface area contributed by atoms with Crippen molar-refractivity contribution < 1.29 is 13.6 Å². The maximum Gasteiger partial charge on any atom is 0.449 e. The van der Waals surface area contributed by atoms with Gasteiger partial charge < -0.3 is 9.05 Å². The molecule has 2 heterocycles. The van der Waals surface area contributed by atoms with E-state index in [0.29, 0.717) is 11.5 Å². The van der Waals surface area contributed by atoms with Crippen LogP contribution in [0.2, 0.25) is 0 Å². The summed E-state index contributed by atoms with van der Waals surface area (Å²) in [4.78, 5) is -0.247. The molecule has 33 heavy (non-hydrogen) atoms. The number of hydrogen-bond acceptors (Lipinski definition) is 5. The molecular weight excluding hydrogens is 449 g/mol. The van der Waals surface area contributed by atoms with E-state index >= 15 is 0 Å². The van der Waals surface area contributed by atoms with Gasteiger partial charge >= 0.3 is 7.60 Å². The number of rotatable bonds is 1. The second-order valence-electron chi connectivity index (χ2n) is 9.80. The average molecular weight is 476 g/mol. The third kappa shape index (κ3) is 3.29. The lowest BCUT2D eigenvalue weighted by Gasteiger charge is -2.31. The molecule has 1 fully saturated rings. The Morgan fingerprint density at radius 1 is 0.758 bits per heavy atom. The molecule has 1 atom stereocenters. The molecule has 0 saturated carbocycles. The van der Waals surface area contributed by atoms with E-state index in [0.717, 1.165) is 32.7 Å². The van der Waals surface area contributed by atoms with E-state index in [-0.39, 0.29) is 9.62 Å². The van der Waals surface area contributed by atoms with Crippen molar-refractivity contribution in [1.82, 2.24) is 5.32 Å². The number of nitrogens with one attached hydrogen (secondary N) is 1. The summed E-state index contributed by atoms with van der Waals surface area (Å²) in [5.41, 5.74) is 1.86. The van der Waals surface area contributed by atoms with Crippen molar-refractivity contribution >= 4 is 40.9 Å². The van der Waals surface area contributed by atoms with Crippen molar-refractivity contribution in [3.8, 4) is 22.6 Å². The van der Waals surface area contributed by atoms with Gasteiger partial charge in [-0.2, -0.15) is 0 Å². The number of fused-ring (bicyclic) bond motifs is 7. The second kappa shape index (κ2) is 7.02. The molecule has 0 unspecified atom stereocenters. The summed E-state index contributed by atoms with van der Waals surface area (Å²) in [5, 5.41) is 7.86. The largest absolute Gasteiger partial charge is 0.449 e. The van der Waals surface area contributed by atoms with Crippen molar-refractivity contribution in [2.45, 2.75) is 43.1 Å². The maximum absolute atomic E-state index is 14.6. The molecule has 0 spiro atoms. The van der Waals surface area contributed by atoms with E-state index in [1.54, 1.807) is 11.8 Å². The molecule has 0 amide bonds. The SMILES string of the molecule is CC1(C)N[C@H](P2(=O)Oc3ccc4ccccc4c3-c3c(ccc4ccccc34)O2)C(C)(C)S1. The van der Waals surface area contributed by atoms with Crippen LogP contribution in [0.4, 0.5) is 0 Å². The first-order valence-electron chi connectivity index (χ1n) is 11.2. The maximum atomic E-state index is 14.6. The Bertz CT molecular complexity index is 1390. The van der Waals surface area contributed by atoms with Gasteiger partial charge in [-0.25, -0.2) is 4.57 Å². The minimum atomic E-state index is -3.66. The zero-order chi connectivity index (χ0) is 23.0. The molecule has 6 heteroatoms. The van der Waals surface area contributed by atoms with Gasteiger partial charge in [-0.05, 0) is 61.4 Å². The van der Waals surface area contributed by atoms with Gasteiger partial charge in [0.15, 0.2) is 0 Å². The molecule has 2 aliphatic rings. The first-order chi connectivity index (χ1) is 15.7. The van der Waals surface area contributed by atoms with Crippen LogP contribution >= 0.6 is 19.4 Å². The first kappa shape index (κ1) is 21.1. The van der Waals surface area contributed by atoms with Crippen LogP contribution in [0, 0.1) is 0 Å². The van der Waals surface area contributed by atoms with E-state index < -0.39 is 13.4 Å². The van der Waals surface area contributed by atoms with Crippen molar-refractivity contribution in [1.29, 1.82) is 0 Å². The quantitative estimate of drug-likeness (QED) is 0.285. The molecule has 0 radical (unpaired) electrons. The van der Waals surface area contributed by atoms with E-state index in [1.807, 2.05) is 48.5 Å². The van der Waals surface area contributed by atoms with Crippen molar-refractivity contribution in [3.05, 3.63) is 72.8 Å². The van der Waals surface area contributed by atoms with Gasteiger partial charge in [-0.3, -0.25) is 5.32 Å². The Morgan fingerprint density at radius 3 is 1.70 bits per heavy atom. The third-order valence-corrected chi connectivity index (χ3v) is 10.3. The minimum absolute atomic E-state index is 0.247. The Hall–Kier alpha value is -2.46. The van der Waals surface area contributed by atoms with Gasteiger partial charge in [0.05, 0.1) is 4.87 Å². The first-order valence-corrected chi connectivity index (χ1v) is 13.6. The molecule has 6 rings (SSSR count). The fourth-order valence-corrected chi connectivity index (χ4v) is 9.91. The second-order valence-corrected chi connectivity index (χ2v) is 14.0. The predicted molar refractivity (Wildman–Crippen MR) is 138 cm³/mol. The van der Waals surface area contributed by atoms with Crippen LogP contribution in [0.1, 0.15) is 27.7 Å². The Morgan fingerprint density at radius 2 is 1.24 bits per heavy atom. The summed E-state index contributed by atoms with van der Waals surface area (Å²) >= 11 is 1.76. The summed E-state index contributed by atoms with van der Waals surface area (Å²) in [5.74, 6) is 0.723. The Balaban J connectivity index is 1.67. The summed E-state index contributed by atoms with van der Waals surface area (Å²) in [6.07, 6.45) is 0. The highest BCUT2D eigenvalue weighted by molar-refractivity contribution is 8.02. The molecule has 4 aromatic carbocycles. The zero-order valence-corrected chi connectivity index (χ0v) is 20.8. The van der Waals surface area contributed by atoms with E-state index in [2.05, 4.69) is 57.3 Å². The minimum Gasteiger partial charge on any atom is -0.414 e. The highest BCUT2D eigenvalue weighted by Crippen LogP contribution is 2.66. The van der Waals surface area contributed by atoms with E-state index in [4.69, 9.17) is 9.05 Å². The summed E-state index contributed by atoms with van der Waals surface area (Å²) in [6.45, 7) is 8.41. The number of benzene rings is 4. The lowest BCUT2D eigenvalue weighted by atomic mass is 9.92. The normalized spacial score (nSPS) is 22.1. The molecule has 1 saturated heterocycles. The van der Waals surface area contributed by atoms with Crippen LogP contribution < -0.4 is 14.4 Å². The topological polar surface area (TPSA) is 47.6 Å². The van der Waals surface area contributed by atoms with Crippen molar-refractivity contribution in [2.24, 2.45) is 0 Å². The number of hydrogen-bond donors (Lipinski definition) is 1. The van der Waals surface area contributed by atoms with Gasteiger partial charge in [0.1, 0.15) is 17.3 Å². The smallest absolute Gasteiger partial charge is 0.414 e. The van der Waals surface area contributed by atoms with Crippen molar-refractivity contribution in [2.75, 3.05) is 0 Å². The summed E-state index contributed by atoms with van der Waals surface area (Å²) < 4.78 is 27.2. The highest BCUT2D eigenvalue weighted by Gasteiger charge is 2.58. The van der Waals surface area contributed by atoms with Gasteiger partial charge in [-0.1, -0.05) is 60.7 Å². The van der Waals surface area contributed by atoms with Crippen LogP contribution in [0.3, 0.4) is 0 Å². The molecule has 0 bridgehead atoms. The Labute approximate surface area is 198 Å². The van der Waals surface area contributed by atoms with Gasteiger partial charge in [0.25, 0.3) is 0 Å². The monoisotopic (exact) mass is 475 g/mol. The molecular formula is C27H26NO3PS. The molecule has 0 aromatic heterocycles. The fraction of sp³-hybridized carbons (Fsp3) is 0.259. The number of thioether (sulfide) groups is 1. The highest BCUT2D eigenvalue weighted by atomic mass is 32.2. The fourth-order valence-electron chi connectivity index (χ4n) is 5.27. The van der Waals surface area contributed by atoms with Crippen LogP contribution in [-0.2, 0) is 4.57 Å². The Kier molecular flexibility index (Phi) is 4.49.